The first kappa shape index (κ1) is 24.8. The fourth-order valence-electron chi connectivity index (χ4n) is 3.28. The van der Waals surface area contributed by atoms with Crippen LogP contribution in [0.15, 0.2) is 66.7 Å². The summed E-state index contributed by atoms with van der Waals surface area (Å²) in [6.45, 7) is 4.27. The Kier molecular flexibility index (Phi) is 9.51. The molecule has 0 aliphatic rings. The van der Waals surface area contributed by atoms with E-state index in [2.05, 4.69) is 37.5 Å². The number of carbonyl (C=O) groups excluding carboxylic acids is 1. The highest BCUT2D eigenvalue weighted by molar-refractivity contribution is 5.91. The predicted molar refractivity (Wildman–Crippen MR) is 135 cm³/mol. The number of unbranched alkanes of at least 4 members (excludes halogenated alkanes) is 3. The van der Waals surface area contributed by atoms with Crippen LogP contribution in [-0.4, -0.2) is 5.97 Å². The van der Waals surface area contributed by atoms with E-state index < -0.39 is 11.8 Å². The summed E-state index contributed by atoms with van der Waals surface area (Å²) in [4.78, 5) is 12.4. The van der Waals surface area contributed by atoms with Gasteiger partial charge in [-0.05, 0) is 73.4 Å². The van der Waals surface area contributed by atoms with Crippen molar-refractivity contribution < 1.29 is 13.9 Å². The van der Waals surface area contributed by atoms with E-state index in [0.29, 0.717) is 5.56 Å². The van der Waals surface area contributed by atoms with Gasteiger partial charge in [0.15, 0.2) is 0 Å². The molecule has 0 amide bonds. The standard InChI is InChI=1S/C31H29FO2/c1-3-5-7-9-24-11-13-26(14-12-24)15-18-27-21-22-29(23-30(27)32)34-31(33)28-19-16-25(17-20-28)10-8-6-4-2/h11-14,16-17,19-23H,3-6,8,10H2,1-2H3. The van der Waals surface area contributed by atoms with E-state index in [1.165, 1.54) is 30.5 Å². The maximum Gasteiger partial charge on any atom is 0.343 e. The average Bonchev–Trinajstić information content (AvgIpc) is 2.85. The molecule has 0 fully saturated rings. The summed E-state index contributed by atoms with van der Waals surface area (Å²) < 4.78 is 19.9. The largest absolute Gasteiger partial charge is 0.423 e. The average molecular weight is 453 g/mol. The zero-order chi connectivity index (χ0) is 24.2. The third-order valence-electron chi connectivity index (χ3n) is 5.24. The molecule has 0 atom stereocenters. The minimum absolute atomic E-state index is 0.148. The number of carbonyl (C=O) groups is 1. The Labute approximate surface area is 202 Å². The van der Waals surface area contributed by atoms with Crippen LogP contribution in [0, 0.1) is 29.5 Å². The van der Waals surface area contributed by atoms with Gasteiger partial charge in [-0.2, -0.15) is 0 Å². The Bertz CT molecular complexity index is 1220. The quantitative estimate of drug-likeness (QED) is 0.162. The zero-order valence-electron chi connectivity index (χ0n) is 19.8. The van der Waals surface area contributed by atoms with Gasteiger partial charge in [0, 0.05) is 23.6 Å². The van der Waals surface area contributed by atoms with Crippen molar-refractivity contribution in [3.05, 3.63) is 100 Å². The molecule has 0 heterocycles. The summed E-state index contributed by atoms with van der Waals surface area (Å²) in [6.07, 6.45) is 6.40. The van der Waals surface area contributed by atoms with Gasteiger partial charge in [0.05, 0.1) is 11.1 Å². The lowest BCUT2D eigenvalue weighted by Gasteiger charge is -2.06. The van der Waals surface area contributed by atoms with E-state index in [9.17, 15) is 9.18 Å². The maximum atomic E-state index is 14.5. The van der Waals surface area contributed by atoms with Crippen LogP contribution < -0.4 is 4.74 Å². The van der Waals surface area contributed by atoms with Crippen molar-refractivity contribution in [1.29, 1.82) is 0 Å². The molecule has 172 valence electrons. The fourth-order valence-corrected chi connectivity index (χ4v) is 3.28. The van der Waals surface area contributed by atoms with Crippen molar-refractivity contribution in [3.63, 3.8) is 0 Å². The Hall–Kier alpha value is -3.82. The van der Waals surface area contributed by atoms with Gasteiger partial charge in [0.25, 0.3) is 0 Å². The Balaban J connectivity index is 1.61. The SMILES string of the molecule is CCCC#Cc1ccc(C#Cc2ccc(OC(=O)c3ccc(CCCCC)cc3)cc2F)cc1. The molecular formula is C31H29FO2. The van der Waals surface area contributed by atoms with Crippen LogP contribution in [-0.2, 0) is 6.42 Å². The van der Waals surface area contributed by atoms with Crippen LogP contribution in [0.3, 0.4) is 0 Å². The summed E-state index contributed by atoms with van der Waals surface area (Å²) in [5.41, 5.74) is 3.57. The Morgan fingerprint density at radius 1 is 0.824 bits per heavy atom. The van der Waals surface area contributed by atoms with Gasteiger partial charge in [-0.25, -0.2) is 9.18 Å². The number of benzene rings is 3. The second kappa shape index (κ2) is 13.0. The molecule has 0 N–H and O–H groups in total. The molecule has 34 heavy (non-hydrogen) atoms. The van der Waals surface area contributed by atoms with E-state index in [1.807, 2.05) is 36.4 Å². The summed E-state index contributed by atoms with van der Waals surface area (Å²) in [5, 5.41) is 0. The number of rotatable bonds is 7. The molecule has 3 heteroatoms. The van der Waals surface area contributed by atoms with Crippen LogP contribution in [0.25, 0.3) is 0 Å². The second-order valence-corrected chi connectivity index (χ2v) is 8.06. The van der Waals surface area contributed by atoms with Gasteiger partial charge >= 0.3 is 5.97 Å². The first-order valence-electron chi connectivity index (χ1n) is 11.8. The number of esters is 1. The Morgan fingerprint density at radius 2 is 1.53 bits per heavy atom. The van der Waals surface area contributed by atoms with Crippen LogP contribution in [0.5, 0.6) is 5.75 Å². The summed E-state index contributed by atoms with van der Waals surface area (Å²) in [7, 11) is 0. The molecule has 0 unspecified atom stereocenters. The highest BCUT2D eigenvalue weighted by atomic mass is 19.1. The molecule has 0 aromatic heterocycles. The third-order valence-corrected chi connectivity index (χ3v) is 5.24. The van der Waals surface area contributed by atoms with Crippen LogP contribution in [0.1, 0.15) is 78.6 Å². The molecule has 0 saturated heterocycles. The first-order valence-corrected chi connectivity index (χ1v) is 11.8. The lowest BCUT2D eigenvalue weighted by atomic mass is 10.1. The van der Waals surface area contributed by atoms with Gasteiger partial charge in [0.2, 0.25) is 0 Å². The van der Waals surface area contributed by atoms with Crippen LogP contribution in [0.2, 0.25) is 0 Å². The number of aryl methyl sites for hydroxylation is 1. The minimum atomic E-state index is -0.536. The summed E-state index contributed by atoms with van der Waals surface area (Å²) >= 11 is 0. The smallest absolute Gasteiger partial charge is 0.343 e. The number of halogens is 1. The number of hydrogen-bond acceptors (Lipinski definition) is 2. The molecular weight excluding hydrogens is 423 g/mol. The fraction of sp³-hybridized carbons (Fsp3) is 0.258. The van der Waals surface area contributed by atoms with Crippen LogP contribution >= 0.6 is 0 Å². The number of hydrogen-bond donors (Lipinski definition) is 0. The first-order chi connectivity index (χ1) is 16.6. The molecule has 0 spiro atoms. The molecule has 3 aromatic carbocycles. The molecule has 2 nitrogen and oxygen atoms in total. The van der Waals surface area contributed by atoms with E-state index in [4.69, 9.17) is 4.74 Å². The number of ether oxygens (including phenoxy) is 1. The monoisotopic (exact) mass is 452 g/mol. The van der Waals surface area contributed by atoms with Crippen molar-refractivity contribution in [2.45, 2.75) is 52.4 Å². The third kappa shape index (κ3) is 7.65. The van der Waals surface area contributed by atoms with E-state index in [1.54, 1.807) is 18.2 Å². The highest BCUT2D eigenvalue weighted by Crippen LogP contribution is 2.18. The Morgan fingerprint density at radius 3 is 2.18 bits per heavy atom. The second-order valence-electron chi connectivity index (χ2n) is 8.06. The maximum absolute atomic E-state index is 14.5. The van der Waals surface area contributed by atoms with E-state index in [-0.39, 0.29) is 11.3 Å². The van der Waals surface area contributed by atoms with Gasteiger partial charge in [-0.1, -0.05) is 62.5 Å². The van der Waals surface area contributed by atoms with Crippen molar-refractivity contribution >= 4 is 5.97 Å². The lowest BCUT2D eigenvalue weighted by Crippen LogP contribution is -2.08. The molecule has 3 rings (SSSR count). The molecule has 0 saturated carbocycles. The van der Waals surface area contributed by atoms with Crippen molar-refractivity contribution in [1.82, 2.24) is 0 Å². The summed E-state index contributed by atoms with van der Waals surface area (Å²) in [5.74, 6) is 11.1. The van der Waals surface area contributed by atoms with Crippen molar-refractivity contribution in [2.75, 3.05) is 0 Å². The van der Waals surface area contributed by atoms with Gasteiger partial charge in [0.1, 0.15) is 11.6 Å². The molecule has 3 aromatic rings. The van der Waals surface area contributed by atoms with Crippen LogP contribution in [0.4, 0.5) is 4.39 Å². The van der Waals surface area contributed by atoms with Gasteiger partial charge in [-0.3, -0.25) is 0 Å². The topological polar surface area (TPSA) is 26.3 Å². The molecule has 0 radical (unpaired) electrons. The normalized spacial score (nSPS) is 9.97. The van der Waals surface area contributed by atoms with E-state index >= 15 is 0 Å². The molecule has 0 aliphatic heterocycles. The minimum Gasteiger partial charge on any atom is -0.423 e. The predicted octanol–water partition coefficient (Wildman–Crippen LogP) is 7.33. The van der Waals surface area contributed by atoms with Gasteiger partial charge in [-0.15, -0.1) is 0 Å². The zero-order valence-corrected chi connectivity index (χ0v) is 19.8. The van der Waals surface area contributed by atoms with Crippen molar-refractivity contribution in [2.24, 2.45) is 0 Å². The van der Waals surface area contributed by atoms with E-state index in [0.717, 1.165) is 36.8 Å². The lowest BCUT2D eigenvalue weighted by molar-refractivity contribution is 0.0734. The molecule has 0 bridgehead atoms. The molecule has 0 aliphatic carbocycles. The van der Waals surface area contributed by atoms with Gasteiger partial charge < -0.3 is 4.74 Å². The summed E-state index contributed by atoms with van der Waals surface area (Å²) in [6, 6.07) is 19.2. The highest BCUT2D eigenvalue weighted by Gasteiger charge is 2.10. The van der Waals surface area contributed by atoms with Crippen molar-refractivity contribution in [3.8, 4) is 29.4 Å².